The summed E-state index contributed by atoms with van der Waals surface area (Å²) in [6, 6.07) is 0. The molecule has 0 N–H and O–H groups in total. The number of halogens is 3. The van der Waals surface area contributed by atoms with Crippen molar-refractivity contribution < 1.29 is 22.8 Å². The van der Waals surface area contributed by atoms with Crippen molar-refractivity contribution in [1.82, 2.24) is 0 Å². The van der Waals surface area contributed by atoms with E-state index in [9.17, 15) is 22.8 Å². The molecule has 0 aromatic rings. The number of ketones is 2. The summed E-state index contributed by atoms with van der Waals surface area (Å²) in [5, 5.41) is 0. The fraction of sp³-hybridized carbons (Fsp3) is 0.800. The molecule has 88 valence electrons. The Morgan fingerprint density at radius 3 is 2.00 bits per heavy atom. The van der Waals surface area contributed by atoms with Crippen LogP contribution in [-0.4, -0.2) is 17.7 Å². The molecule has 0 radical (unpaired) electrons. The van der Waals surface area contributed by atoms with E-state index in [1.165, 1.54) is 6.92 Å². The van der Waals surface area contributed by atoms with Crippen molar-refractivity contribution in [3.05, 3.63) is 0 Å². The van der Waals surface area contributed by atoms with Crippen molar-refractivity contribution in [2.24, 2.45) is 5.92 Å². The molecule has 0 aromatic heterocycles. The molecule has 0 unspecified atom stereocenters. The van der Waals surface area contributed by atoms with Crippen LogP contribution in [0.2, 0.25) is 0 Å². The van der Waals surface area contributed by atoms with Gasteiger partial charge in [0.25, 0.3) is 0 Å². The summed E-state index contributed by atoms with van der Waals surface area (Å²) in [5.74, 6) is -2.77. The Balaban J connectivity index is 3.99. The molecule has 0 aliphatic heterocycles. The first-order valence-electron chi connectivity index (χ1n) is 4.81. The first-order chi connectivity index (χ1) is 6.75. The predicted octanol–water partition coefficient (Wildman–Crippen LogP) is 2.90. The molecule has 5 heteroatoms. The Morgan fingerprint density at radius 2 is 1.67 bits per heavy atom. The highest BCUT2D eigenvalue weighted by Gasteiger charge is 2.41. The SMILES string of the molecule is CC(=O)CCCC[C@@H](C(C)=O)C(F)(F)F. The fourth-order valence-corrected chi connectivity index (χ4v) is 1.32. The van der Waals surface area contributed by atoms with Crippen LogP contribution in [0.5, 0.6) is 0 Å². The van der Waals surface area contributed by atoms with E-state index in [0.717, 1.165) is 6.92 Å². The van der Waals surface area contributed by atoms with E-state index in [-0.39, 0.29) is 25.0 Å². The van der Waals surface area contributed by atoms with E-state index in [1.807, 2.05) is 0 Å². The van der Waals surface area contributed by atoms with Gasteiger partial charge in [0.1, 0.15) is 17.5 Å². The van der Waals surface area contributed by atoms with E-state index < -0.39 is 17.9 Å². The van der Waals surface area contributed by atoms with Gasteiger partial charge in [0.2, 0.25) is 0 Å². The third-order valence-corrected chi connectivity index (χ3v) is 2.16. The molecule has 0 amide bonds. The van der Waals surface area contributed by atoms with Crippen LogP contribution in [-0.2, 0) is 9.59 Å². The van der Waals surface area contributed by atoms with Crippen LogP contribution in [0, 0.1) is 5.92 Å². The normalized spacial score (nSPS) is 13.7. The van der Waals surface area contributed by atoms with Gasteiger partial charge in [-0.1, -0.05) is 6.42 Å². The van der Waals surface area contributed by atoms with Gasteiger partial charge in [0, 0.05) is 6.42 Å². The maximum atomic E-state index is 12.3. The third-order valence-electron chi connectivity index (χ3n) is 2.16. The van der Waals surface area contributed by atoms with E-state index in [0.29, 0.717) is 6.42 Å². The van der Waals surface area contributed by atoms with Gasteiger partial charge >= 0.3 is 6.18 Å². The van der Waals surface area contributed by atoms with E-state index in [4.69, 9.17) is 0 Å². The van der Waals surface area contributed by atoms with Crippen molar-refractivity contribution >= 4 is 11.6 Å². The van der Waals surface area contributed by atoms with E-state index in [2.05, 4.69) is 0 Å². The van der Waals surface area contributed by atoms with Gasteiger partial charge in [-0.2, -0.15) is 13.2 Å². The Labute approximate surface area is 86.8 Å². The van der Waals surface area contributed by atoms with Gasteiger partial charge in [-0.25, -0.2) is 0 Å². The summed E-state index contributed by atoms with van der Waals surface area (Å²) in [6.45, 7) is 2.34. The first kappa shape index (κ1) is 14.1. The number of alkyl halides is 3. The second kappa shape index (κ2) is 5.88. The van der Waals surface area contributed by atoms with Crippen LogP contribution in [0.3, 0.4) is 0 Å². The zero-order valence-corrected chi connectivity index (χ0v) is 8.86. The Hall–Kier alpha value is -0.870. The maximum Gasteiger partial charge on any atom is 0.398 e. The largest absolute Gasteiger partial charge is 0.398 e. The fourth-order valence-electron chi connectivity index (χ4n) is 1.32. The van der Waals surface area contributed by atoms with Gasteiger partial charge in [0.15, 0.2) is 0 Å². The zero-order chi connectivity index (χ0) is 12.1. The summed E-state index contributed by atoms with van der Waals surface area (Å²) in [6.07, 6.45) is -3.73. The van der Waals surface area contributed by atoms with Gasteiger partial charge in [-0.05, 0) is 26.7 Å². The number of carbonyl (C=O) groups excluding carboxylic acids is 2. The minimum absolute atomic E-state index is 0.0404. The molecule has 0 aliphatic carbocycles. The monoisotopic (exact) mass is 224 g/mol. The lowest BCUT2D eigenvalue weighted by molar-refractivity contribution is -0.181. The topological polar surface area (TPSA) is 34.1 Å². The Kier molecular flexibility index (Phi) is 5.54. The van der Waals surface area contributed by atoms with Crippen LogP contribution >= 0.6 is 0 Å². The van der Waals surface area contributed by atoms with E-state index >= 15 is 0 Å². The zero-order valence-electron chi connectivity index (χ0n) is 8.86. The molecule has 0 rings (SSSR count). The average molecular weight is 224 g/mol. The number of carbonyl (C=O) groups is 2. The number of hydrogen-bond donors (Lipinski definition) is 0. The van der Waals surface area contributed by atoms with Gasteiger partial charge < -0.3 is 4.79 Å². The van der Waals surface area contributed by atoms with Crippen molar-refractivity contribution in [3.63, 3.8) is 0 Å². The molecule has 15 heavy (non-hydrogen) atoms. The van der Waals surface area contributed by atoms with Gasteiger partial charge in [-0.3, -0.25) is 4.79 Å². The molecule has 0 saturated heterocycles. The third kappa shape index (κ3) is 6.25. The molecule has 0 heterocycles. The number of Topliss-reactive ketones (excluding diaryl/α,β-unsaturated/α-hetero) is 2. The molecule has 0 fully saturated rings. The number of rotatable bonds is 6. The highest BCUT2D eigenvalue weighted by atomic mass is 19.4. The van der Waals surface area contributed by atoms with Crippen molar-refractivity contribution in [2.75, 3.05) is 0 Å². The summed E-state index contributed by atoms with van der Waals surface area (Å²) in [5.41, 5.74) is 0. The molecule has 0 bridgehead atoms. The molecule has 1 atom stereocenters. The standard InChI is InChI=1S/C10H15F3O2/c1-7(14)5-3-4-6-9(8(2)15)10(11,12)13/h9H,3-6H2,1-2H3/t9-/m0/s1. The van der Waals surface area contributed by atoms with Crippen LogP contribution in [0.1, 0.15) is 39.5 Å². The van der Waals surface area contributed by atoms with Crippen LogP contribution in [0.25, 0.3) is 0 Å². The number of hydrogen-bond acceptors (Lipinski definition) is 2. The Bertz CT molecular complexity index is 233. The second-order valence-corrected chi connectivity index (χ2v) is 3.65. The smallest absolute Gasteiger partial charge is 0.300 e. The van der Waals surface area contributed by atoms with Crippen LogP contribution < -0.4 is 0 Å². The van der Waals surface area contributed by atoms with Gasteiger partial charge in [-0.15, -0.1) is 0 Å². The lowest BCUT2D eigenvalue weighted by atomic mass is 9.96. The molecule has 2 nitrogen and oxygen atoms in total. The summed E-state index contributed by atoms with van der Waals surface area (Å²) in [7, 11) is 0. The molecule has 0 spiro atoms. The van der Waals surface area contributed by atoms with Gasteiger partial charge in [0.05, 0.1) is 0 Å². The number of unbranched alkanes of at least 4 members (excludes halogenated alkanes) is 1. The molecule has 0 aromatic carbocycles. The highest BCUT2D eigenvalue weighted by molar-refractivity contribution is 5.79. The second-order valence-electron chi connectivity index (χ2n) is 3.65. The lowest BCUT2D eigenvalue weighted by Gasteiger charge is -2.16. The molecule has 0 aliphatic rings. The van der Waals surface area contributed by atoms with Crippen LogP contribution in [0.15, 0.2) is 0 Å². The highest BCUT2D eigenvalue weighted by Crippen LogP contribution is 2.30. The lowest BCUT2D eigenvalue weighted by Crippen LogP contribution is -2.29. The molecule has 0 saturated carbocycles. The predicted molar refractivity (Wildman–Crippen MR) is 49.4 cm³/mol. The minimum Gasteiger partial charge on any atom is -0.300 e. The molecular weight excluding hydrogens is 209 g/mol. The maximum absolute atomic E-state index is 12.3. The quantitative estimate of drug-likeness (QED) is 0.650. The summed E-state index contributed by atoms with van der Waals surface area (Å²) in [4.78, 5) is 21.3. The summed E-state index contributed by atoms with van der Waals surface area (Å²) >= 11 is 0. The summed E-state index contributed by atoms with van der Waals surface area (Å²) < 4.78 is 36.8. The van der Waals surface area contributed by atoms with Crippen molar-refractivity contribution in [3.8, 4) is 0 Å². The van der Waals surface area contributed by atoms with E-state index in [1.54, 1.807) is 0 Å². The molecular formula is C10H15F3O2. The Morgan fingerprint density at radius 1 is 1.13 bits per heavy atom. The van der Waals surface area contributed by atoms with Crippen molar-refractivity contribution in [1.29, 1.82) is 0 Å². The first-order valence-corrected chi connectivity index (χ1v) is 4.81. The minimum atomic E-state index is -4.46. The van der Waals surface area contributed by atoms with Crippen LogP contribution in [0.4, 0.5) is 13.2 Å². The van der Waals surface area contributed by atoms with Crippen molar-refractivity contribution in [2.45, 2.75) is 45.7 Å². The average Bonchev–Trinajstić information content (AvgIpc) is 1.99.